The van der Waals surface area contributed by atoms with E-state index in [1.807, 2.05) is 0 Å². The lowest BCUT2D eigenvalue weighted by Crippen LogP contribution is -2.29. The minimum atomic E-state index is -0.367. The molecule has 1 N–H and O–H groups in total. The summed E-state index contributed by atoms with van der Waals surface area (Å²) in [6.45, 7) is 4.93. The Kier molecular flexibility index (Phi) is 3.30. The lowest BCUT2D eigenvalue weighted by molar-refractivity contribution is -0.172. The summed E-state index contributed by atoms with van der Waals surface area (Å²) >= 11 is 0. The predicted molar refractivity (Wildman–Crippen MR) is 54.5 cm³/mol. The average molecular weight is 216 g/mol. The van der Waals surface area contributed by atoms with Crippen molar-refractivity contribution in [1.29, 1.82) is 0 Å². The summed E-state index contributed by atoms with van der Waals surface area (Å²) in [6.07, 6.45) is 2.95. The molecule has 0 aromatic heterocycles. The molecule has 0 aromatic carbocycles. The number of ether oxygens (including phenoxy) is 3. The topological polar surface area (TPSA) is 51.2 Å². The Hall–Kier alpha value is -0.160. The molecule has 4 heteroatoms. The monoisotopic (exact) mass is 216 g/mol. The Morgan fingerprint density at radius 1 is 1.27 bits per heavy atom. The van der Waals surface area contributed by atoms with E-state index in [9.17, 15) is 0 Å². The van der Waals surface area contributed by atoms with Crippen LogP contribution in [0.1, 0.15) is 33.1 Å². The SMILES string of the molecule is CCC1(CC)OC[C@H](C[C@H]2O[C@@H]2CO)O1. The second-order valence-corrected chi connectivity index (χ2v) is 4.30. The van der Waals surface area contributed by atoms with Crippen LogP contribution >= 0.6 is 0 Å². The number of aliphatic hydroxyl groups is 1. The van der Waals surface area contributed by atoms with Crippen LogP contribution in [0.2, 0.25) is 0 Å². The largest absolute Gasteiger partial charge is 0.394 e. The number of aliphatic hydroxyl groups excluding tert-OH is 1. The molecule has 2 aliphatic rings. The van der Waals surface area contributed by atoms with Crippen molar-refractivity contribution in [2.24, 2.45) is 0 Å². The third-order valence-electron chi connectivity index (χ3n) is 3.35. The highest BCUT2D eigenvalue weighted by molar-refractivity contribution is 4.89. The molecule has 4 nitrogen and oxygen atoms in total. The molecule has 2 heterocycles. The van der Waals surface area contributed by atoms with Crippen molar-refractivity contribution in [3.05, 3.63) is 0 Å². The van der Waals surface area contributed by atoms with Crippen LogP contribution in [0, 0.1) is 0 Å². The van der Waals surface area contributed by atoms with Gasteiger partial charge in [0.05, 0.1) is 25.4 Å². The Morgan fingerprint density at radius 3 is 2.47 bits per heavy atom. The molecular weight excluding hydrogens is 196 g/mol. The minimum Gasteiger partial charge on any atom is -0.394 e. The highest BCUT2D eigenvalue weighted by Crippen LogP contribution is 2.35. The van der Waals surface area contributed by atoms with E-state index in [1.54, 1.807) is 0 Å². The summed E-state index contributed by atoms with van der Waals surface area (Å²) in [6, 6.07) is 0. The lowest BCUT2D eigenvalue weighted by atomic mass is 10.1. The van der Waals surface area contributed by atoms with Gasteiger partial charge in [-0.15, -0.1) is 0 Å². The number of rotatable bonds is 5. The van der Waals surface area contributed by atoms with Gasteiger partial charge in [-0.2, -0.15) is 0 Å². The summed E-state index contributed by atoms with van der Waals surface area (Å²) in [5, 5.41) is 8.85. The Bertz CT molecular complexity index is 215. The maximum absolute atomic E-state index is 8.85. The minimum absolute atomic E-state index is 0.0341. The molecule has 0 spiro atoms. The zero-order valence-corrected chi connectivity index (χ0v) is 9.44. The molecule has 2 rings (SSSR count). The molecule has 3 atom stereocenters. The second kappa shape index (κ2) is 4.37. The van der Waals surface area contributed by atoms with Crippen LogP contribution in [-0.2, 0) is 14.2 Å². The second-order valence-electron chi connectivity index (χ2n) is 4.30. The van der Waals surface area contributed by atoms with Crippen LogP contribution in [-0.4, -0.2) is 42.4 Å². The molecule has 0 unspecified atom stereocenters. The quantitative estimate of drug-likeness (QED) is 0.698. The molecule has 0 aliphatic carbocycles. The zero-order chi connectivity index (χ0) is 10.9. The Balaban J connectivity index is 1.78. The zero-order valence-electron chi connectivity index (χ0n) is 9.44. The molecule has 0 radical (unpaired) electrons. The molecule has 0 aromatic rings. The van der Waals surface area contributed by atoms with Gasteiger partial charge in [0.25, 0.3) is 0 Å². The van der Waals surface area contributed by atoms with Crippen molar-refractivity contribution in [2.45, 2.75) is 57.2 Å². The first-order valence-electron chi connectivity index (χ1n) is 5.81. The van der Waals surface area contributed by atoms with Crippen LogP contribution in [0.15, 0.2) is 0 Å². The molecule has 88 valence electrons. The summed E-state index contributed by atoms with van der Waals surface area (Å²) in [4.78, 5) is 0. The van der Waals surface area contributed by atoms with Gasteiger partial charge in [-0.05, 0) is 12.8 Å². The van der Waals surface area contributed by atoms with Gasteiger partial charge in [0, 0.05) is 6.42 Å². The third-order valence-corrected chi connectivity index (χ3v) is 3.35. The number of hydrogen-bond acceptors (Lipinski definition) is 4. The first-order chi connectivity index (χ1) is 7.23. The molecular formula is C11H20O4. The highest BCUT2D eigenvalue weighted by atomic mass is 16.7. The van der Waals surface area contributed by atoms with E-state index in [-0.39, 0.29) is 30.7 Å². The molecule has 15 heavy (non-hydrogen) atoms. The van der Waals surface area contributed by atoms with Crippen molar-refractivity contribution in [3.63, 3.8) is 0 Å². The molecule has 0 amide bonds. The maximum Gasteiger partial charge on any atom is 0.168 e. The van der Waals surface area contributed by atoms with Crippen molar-refractivity contribution < 1.29 is 19.3 Å². The van der Waals surface area contributed by atoms with Gasteiger partial charge in [-0.3, -0.25) is 0 Å². The predicted octanol–water partition coefficient (Wildman–Crippen LogP) is 1.07. The average Bonchev–Trinajstić information content (AvgIpc) is 2.89. The fourth-order valence-corrected chi connectivity index (χ4v) is 2.16. The van der Waals surface area contributed by atoms with Crippen molar-refractivity contribution in [2.75, 3.05) is 13.2 Å². The van der Waals surface area contributed by atoms with Crippen molar-refractivity contribution in [1.82, 2.24) is 0 Å². The third kappa shape index (κ3) is 2.33. The van der Waals surface area contributed by atoms with Crippen LogP contribution < -0.4 is 0 Å². The van der Waals surface area contributed by atoms with Crippen LogP contribution in [0.4, 0.5) is 0 Å². The van der Waals surface area contributed by atoms with E-state index >= 15 is 0 Å². The Labute approximate surface area is 90.5 Å². The van der Waals surface area contributed by atoms with E-state index < -0.39 is 0 Å². The van der Waals surface area contributed by atoms with E-state index in [0.717, 1.165) is 19.3 Å². The highest BCUT2D eigenvalue weighted by Gasteiger charge is 2.45. The van der Waals surface area contributed by atoms with Gasteiger partial charge < -0.3 is 19.3 Å². The normalized spacial score (nSPS) is 38.2. The van der Waals surface area contributed by atoms with E-state index in [2.05, 4.69) is 13.8 Å². The van der Waals surface area contributed by atoms with Gasteiger partial charge in [0.2, 0.25) is 0 Å². The van der Waals surface area contributed by atoms with Gasteiger partial charge in [-0.1, -0.05) is 13.8 Å². The maximum atomic E-state index is 8.85. The first kappa shape index (κ1) is 11.3. The van der Waals surface area contributed by atoms with E-state index in [0.29, 0.717) is 6.61 Å². The van der Waals surface area contributed by atoms with Crippen molar-refractivity contribution in [3.8, 4) is 0 Å². The fourth-order valence-electron chi connectivity index (χ4n) is 2.16. The summed E-state index contributed by atoms with van der Waals surface area (Å²) in [5.41, 5.74) is 0. The summed E-state index contributed by atoms with van der Waals surface area (Å²) in [5.74, 6) is -0.367. The molecule has 0 saturated carbocycles. The van der Waals surface area contributed by atoms with Crippen molar-refractivity contribution >= 4 is 0 Å². The number of hydrogen-bond donors (Lipinski definition) is 1. The van der Waals surface area contributed by atoms with Gasteiger partial charge in [0.1, 0.15) is 6.10 Å². The van der Waals surface area contributed by atoms with Gasteiger partial charge >= 0.3 is 0 Å². The lowest BCUT2D eigenvalue weighted by Gasteiger charge is -2.24. The van der Waals surface area contributed by atoms with Crippen LogP contribution in [0.25, 0.3) is 0 Å². The standard InChI is InChI=1S/C11H20O4/c1-3-11(4-2)13-7-8(15-11)5-9-10(6-12)14-9/h8-10,12H,3-7H2,1-2H3/t8-,9+,10+/m0/s1. The smallest absolute Gasteiger partial charge is 0.168 e. The van der Waals surface area contributed by atoms with Crippen LogP contribution in [0.3, 0.4) is 0 Å². The van der Waals surface area contributed by atoms with Gasteiger partial charge in [0.15, 0.2) is 5.79 Å². The van der Waals surface area contributed by atoms with E-state index in [4.69, 9.17) is 19.3 Å². The first-order valence-corrected chi connectivity index (χ1v) is 5.81. The molecule has 2 aliphatic heterocycles. The van der Waals surface area contributed by atoms with Crippen LogP contribution in [0.5, 0.6) is 0 Å². The summed E-state index contributed by atoms with van der Waals surface area (Å²) in [7, 11) is 0. The number of epoxide rings is 1. The molecule has 2 fully saturated rings. The fraction of sp³-hybridized carbons (Fsp3) is 1.00. The Morgan fingerprint density at radius 2 is 2.00 bits per heavy atom. The molecule has 2 saturated heterocycles. The summed E-state index contributed by atoms with van der Waals surface area (Å²) < 4.78 is 16.9. The molecule has 0 bridgehead atoms. The van der Waals surface area contributed by atoms with Gasteiger partial charge in [-0.25, -0.2) is 0 Å². The van der Waals surface area contributed by atoms with E-state index in [1.165, 1.54) is 0 Å².